The van der Waals surface area contributed by atoms with E-state index in [0.717, 1.165) is 5.92 Å². The fraction of sp³-hybridized carbons (Fsp3) is 0.647. The Balaban J connectivity index is 1.80. The second-order valence-corrected chi connectivity index (χ2v) is 6.39. The number of hydrogen-bond acceptors (Lipinski definition) is 1. The third kappa shape index (κ3) is 2.15. The molecule has 2 aliphatic rings. The minimum absolute atomic E-state index is 0.623. The van der Waals surface area contributed by atoms with Gasteiger partial charge in [0, 0.05) is 11.7 Å². The Bertz CT molecular complexity index is 416. The topological polar surface area (TPSA) is 12.0 Å². The monoisotopic (exact) mass is 243 g/mol. The molecule has 0 aromatic heterocycles. The van der Waals surface area contributed by atoms with Gasteiger partial charge in [-0.2, -0.15) is 0 Å². The fourth-order valence-corrected chi connectivity index (χ4v) is 3.74. The van der Waals surface area contributed by atoms with Gasteiger partial charge in [-0.15, -0.1) is 0 Å². The first-order valence-electron chi connectivity index (χ1n) is 7.64. The van der Waals surface area contributed by atoms with Crippen molar-refractivity contribution < 1.29 is 0 Å². The molecular weight excluding hydrogens is 218 g/mol. The largest absolute Gasteiger partial charge is 0.381 e. The van der Waals surface area contributed by atoms with Crippen LogP contribution >= 0.6 is 0 Å². The van der Waals surface area contributed by atoms with E-state index < -0.39 is 0 Å². The molecule has 1 heteroatoms. The van der Waals surface area contributed by atoms with E-state index in [2.05, 4.69) is 37.4 Å². The number of benzene rings is 1. The zero-order valence-electron chi connectivity index (χ0n) is 11.7. The smallest absolute Gasteiger partial charge is 0.0411 e. The van der Waals surface area contributed by atoms with Crippen molar-refractivity contribution in [2.75, 3.05) is 5.32 Å². The summed E-state index contributed by atoms with van der Waals surface area (Å²) in [6.45, 7) is 4.59. The van der Waals surface area contributed by atoms with E-state index in [-0.39, 0.29) is 0 Å². The van der Waals surface area contributed by atoms with Crippen molar-refractivity contribution in [3.8, 4) is 0 Å². The lowest BCUT2D eigenvalue weighted by Gasteiger charge is -2.28. The number of anilines is 1. The molecule has 1 N–H and O–H groups in total. The molecule has 1 saturated carbocycles. The average molecular weight is 243 g/mol. The van der Waals surface area contributed by atoms with Crippen molar-refractivity contribution in [2.45, 2.75) is 64.3 Å². The van der Waals surface area contributed by atoms with Gasteiger partial charge in [-0.25, -0.2) is 0 Å². The summed E-state index contributed by atoms with van der Waals surface area (Å²) in [6, 6.07) is 7.55. The molecule has 3 rings (SSSR count). The van der Waals surface area contributed by atoms with Gasteiger partial charge in [0.15, 0.2) is 0 Å². The van der Waals surface area contributed by atoms with Crippen LogP contribution in [0.3, 0.4) is 0 Å². The normalized spacial score (nSPS) is 24.1. The molecule has 1 aliphatic carbocycles. The van der Waals surface area contributed by atoms with Crippen molar-refractivity contribution in [2.24, 2.45) is 5.92 Å². The van der Waals surface area contributed by atoms with Crippen LogP contribution < -0.4 is 5.32 Å². The van der Waals surface area contributed by atoms with Gasteiger partial charge in [-0.05, 0) is 42.2 Å². The molecule has 98 valence electrons. The Morgan fingerprint density at radius 1 is 1.11 bits per heavy atom. The SMILES string of the molecule is CC(C)c1cccc2c1NC(C1CCCCC1)C2. The van der Waals surface area contributed by atoms with Gasteiger partial charge in [-0.1, -0.05) is 51.3 Å². The molecule has 1 unspecified atom stereocenters. The molecule has 1 aromatic rings. The zero-order chi connectivity index (χ0) is 12.5. The van der Waals surface area contributed by atoms with Crippen molar-refractivity contribution >= 4 is 5.69 Å². The lowest BCUT2D eigenvalue weighted by atomic mass is 9.83. The Morgan fingerprint density at radius 3 is 2.61 bits per heavy atom. The summed E-state index contributed by atoms with van der Waals surface area (Å²) in [5.41, 5.74) is 4.52. The Hall–Kier alpha value is -0.980. The van der Waals surface area contributed by atoms with Gasteiger partial charge in [0.1, 0.15) is 0 Å². The molecule has 0 radical (unpaired) electrons. The second-order valence-electron chi connectivity index (χ2n) is 6.39. The molecule has 0 amide bonds. The van der Waals surface area contributed by atoms with E-state index in [1.165, 1.54) is 49.8 Å². The van der Waals surface area contributed by atoms with E-state index in [0.29, 0.717) is 12.0 Å². The molecule has 18 heavy (non-hydrogen) atoms. The molecule has 1 nitrogen and oxygen atoms in total. The summed E-state index contributed by atoms with van der Waals surface area (Å²) < 4.78 is 0. The molecular formula is C17H25N. The van der Waals surface area contributed by atoms with Crippen molar-refractivity contribution in [1.29, 1.82) is 0 Å². The first kappa shape index (κ1) is 12.1. The highest BCUT2D eigenvalue weighted by Crippen LogP contribution is 2.38. The van der Waals surface area contributed by atoms with Gasteiger partial charge in [0.25, 0.3) is 0 Å². The predicted molar refractivity (Wildman–Crippen MR) is 78.2 cm³/mol. The van der Waals surface area contributed by atoms with Gasteiger partial charge in [0.05, 0.1) is 0 Å². The molecule has 0 bridgehead atoms. The fourth-order valence-electron chi connectivity index (χ4n) is 3.74. The Labute approximate surface area is 111 Å². The molecule has 0 spiro atoms. The van der Waals surface area contributed by atoms with Crippen LogP contribution in [0.25, 0.3) is 0 Å². The minimum Gasteiger partial charge on any atom is -0.381 e. The number of para-hydroxylation sites is 1. The quantitative estimate of drug-likeness (QED) is 0.792. The van der Waals surface area contributed by atoms with Crippen molar-refractivity contribution in [3.05, 3.63) is 29.3 Å². The highest BCUT2D eigenvalue weighted by atomic mass is 15.0. The van der Waals surface area contributed by atoms with Crippen LogP contribution in [-0.4, -0.2) is 6.04 Å². The van der Waals surface area contributed by atoms with Crippen LogP contribution in [0.1, 0.15) is 63.0 Å². The van der Waals surface area contributed by atoms with Gasteiger partial charge < -0.3 is 5.32 Å². The van der Waals surface area contributed by atoms with Crippen LogP contribution in [0.15, 0.2) is 18.2 Å². The lowest BCUT2D eigenvalue weighted by molar-refractivity contribution is 0.321. The first-order valence-corrected chi connectivity index (χ1v) is 7.64. The average Bonchev–Trinajstić information content (AvgIpc) is 2.83. The molecule has 1 heterocycles. The molecule has 1 atom stereocenters. The summed E-state index contributed by atoms with van der Waals surface area (Å²) >= 11 is 0. The molecule has 0 saturated heterocycles. The van der Waals surface area contributed by atoms with E-state index in [9.17, 15) is 0 Å². The van der Waals surface area contributed by atoms with E-state index in [1.807, 2.05) is 0 Å². The van der Waals surface area contributed by atoms with Crippen LogP contribution in [0.5, 0.6) is 0 Å². The van der Waals surface area contributed by atoms with Crippen molar-refractivity contribution in [3.63, 3.8) is 0 Å². The maximum Gasteiger partial charge on any atom is 0.0411 e. The number of hydrogen-bond donors (Lipinski definition) is 1. The van der Waals surface area contributed by atoms with Gasteiger partial charge in [0.2, 0.25) is 0 Å². The summed E-state index contributed by atoms with van der Waals surface area (Å²) in [7, 11) is 0. The van der Waals surface area contributed by atoms with Crippen LogP contribution in [0.4, 0.5) is 5.69 Å². The predicted octanol–water partition coefficient (Wildman–Crippen LogP) is 4.73. The summed E-state index contributed by atoms with van der Waals surface area (Å²) in [6.07, 6.45) is 8.45. The standard InChI is InChI=1S/C17H25N/c1-12(2)15-10-6-9-14-11-16(18-17(14)15)13-7-4-3-5-8-13/h6,9-10,12-13,16,18H,3-5,7-8,11H2,1-2H3. The molecule has 1 aliphatic heterocycles. The first-order chi connectivity index (χ1) is 8.75. The third-order valence-corrected chi connectivity index (χ3v) is 4.79. The maximum atomic E-state index is 3.85. The van der Waals surface area contributed by atoms with Crippen LogP contribution in [0, 0.1) is 5.92 Å². The minimum atomic E-state index is 0.623. The number of rotatable bonds is 2. The van der Waals surface area contributed by atoms with Gasteiger partial charge in [-0.3, -0.25) is 0 Å². The molecule has 1 aromatic carbocycles. The summed E-state index contributed by atoms with van der Waals surface area (Å²) in [5.74, 6) is 1.53. The summed E-state index contributed by atoms with van der Waals surface area (Å²) in [5, 5.41) is 3.85. The molecule has 1 fully saturated rings. The lowest BCUT2D eigenvalue weighted by Crippen LogP contribution is -2.28. The Morgan fingerprint density at radius 2 is 1.89 bits per heavy atom. The van der Waals surface area contributed by atoms with Crippen LogP contribution in [-0.2, 0) is 6.42 Å². The second kappa shape index (κ2) is 4.95. The van der Waals surface area contributed by atoms with E-state index >= 15 is 0 Å². The zero-order valence-corrected chi connectivity index (χ0v) is 11.7. The van der Waals surface area contributed by atoms with Crippen LogP contribution in [0.2, 0.25) is 0 Å². The summed E-state index contributed by atoms with van der Waals surface area (Å²) in [4.78, 5) is 0. The van der Waals surface area contributed by atoms with E-state index in [1.54, 1.807) is 5.56 Å². The van der Waals surface area contributed by atoms with Crippen molar-refractivity contribution in [1.82, 2.24) is 0 Å². The van der Waals surface area contributed by atoms with E-state index in [4.69, 9.17) is 0 Å². The number of fused-ring (bicyclic) bond motifs is 1. The maximum absolute atomic E-state index is 3.85. The Kier molecular flexibility index (Phi) is 3.32. The third-order valence-electron chi connectivity index (χ3n) is 4.79. The highest BCUT2D eigenvalue weighted by Gasteiger charge is 2.30. The number of nitrogens with one attached hydrogen (secondary N) is 1. The highest BCUT2D eigenvalue weighted by molar-refractivity contribution is 5.63. The van der Waals surface area contributed by atoms with Gasteiger partial charge >= 0.3 is 0 Å².